The second-order valence-corrected chi connectivity index (χ2v) is 5.50. The second-order valence-electron chi connectivity index (χ2n) is 3.82. The molecule has 0 amide bonds. The third kappa shape index (κ3) is 3.14. The van der Waals surface area contributed by atoms with Gasteiger partial charge < -0.3 is 0 Å². The summed E-state index contributed by atoms with van der Waals surface area (Å²) in [5.74, 6) is -0.194. The SMILES string of the molecule is CC(=O)c1cccc(S(=O)(=O)Nc2cncnc2)c1. The monoisotopic (exact) mass is 277 g/mol. The molecule has 1 aromatic heterocycles. The van der Waals surface area contributed by atoms with E-state index in [2.05, 4.69) is 14.7 Å². The Labute approximate surface area is 110 Å². The van der Waals surface area contributed by atoms with Crippen molar-refractivity contribution < 1.29 is 13.2 Å². The molecule has 0 aliphatic rings. The van der Waals surface area contributed by atoms with E-state index in [4.69, 9.17) is 0 Å². The van der Waals surface area contributed by atoms with E-state index in [0.717, 1.165) is 0 Å². The summed E-state index contributed by atoms with van der Waals surface area (Å²) in [7, 11) is -3.75. The van der Waals surface area contributed by atoms with Crippen LogP contribution in [0, 0.1) is 0 Å². The van der Waals surface area contributed by atoms with Gasteiger partial charge in [-0.05, 0) is 19.1 Å². The number of aromatic nitrogens is 2. The lowest BCUT2D eigenvalue weighted by Crippen LogP contribution is -2.13. The fraction of sp³-hybridized carbons (Fsp3) is 0.0833. The Morgan fingerprint density at radius 1 is 1.21 bits per heavy atom. The van der Waals surface area contributed by atoms with Crippen LogP contribution in [0.5, 0.6) is 0 Å². The lowest BCUT2D eigenvalue weighted by molar-refractivity contribution is 0.101. The van der Waals surface area contributed by atoms with Crippen molar-refractivity contribution in [3.05, 3.63) is 48.5 Å². The number of ketones is 1. The number of carbonyl (C=O) groups is 1. The molecule has 2 aromatic rings. The Kier molecular flexibility index (Phi) is 3.57. The average molecular weight is 277 g/mol. The number of benzene rings is 1. The number of hydrogen-bond donors (Lipinski definition) is 1. The Morgan fingerprint density at radius 2 is 1.89 bits per heavy atom. The predicted octanol–water partition coefficient (Wildman–Crippen LogP) is 1.48. The van der Waals surface area contributed by atoms with Crippen molar-refractivity contribution in [2.75, 3.05) is 4.72 Å². The number of nitrogens with one attached hydrogen (secondary N) is 1. The molecular formula is C12H11N3O3S. The number of hydrogen-bond acceptors (Lipinski definition) is 5. The van der Waals surface area contributed by atoms with Crippen molar-refractivity contribution >= 4 is 21.5 Å². The van der Waals surface area contributed by atoms with Crippen LogP contribution in [0.2, 0.25) is 0 Å². The molecule has 1 heterocycles. The first-order valence-electron chi connectivity index (χ1n) is 5.38. The summed E-state index contributed by atoms with van der Waals surface area (Å²) >= 11 is 0. The van der Waals surface area contributed by atoms with Crippen molar-refractivity contribution in [2.24, 2.45) is 0 Å². The van der Waals surface area contributed by atoms with E-state index < -0.39 is 10.0 Å². The van der Waals surface area contributed by atoms with E-state index >= 15 is 0 Å². The minimum absolute atomic E-state index is 0.0176. The highest BCUT2D eigenvalue weighted by atomic mass is 32.2. The van der Waals surface area contributed by atoms with Crippen LogP contribution >= 0.6 is 0 Å². The smallest absolute Gasteiger partial charge is 0.262 e. The number of Topliss-reactive ketones (excluding diaryl/α,β-unsaturated/α-hetero) is 1. The predicted molar refractivity (Wildman–Crippen MR) is 69.3 cm³/mol. The zero-order valence-electron chi connectivity index (χ0n) is 10.1. The van der Waals surface area contributed by atoms with Crippen LogP contribution in [0.4, 0.5) is 5.69 Å². The van der Waals surface area contributed by atoms with Gasteiger partial charge in [0.05, 0.1) is 23.0 Å². The Balaban J connectivity index is 2.35. The number of rotatable bonds is 4. The van der Waals surface area contributed by atoms with Gasteiger partial charge in [-0.2, -0.15) is 0 Å². The molecule has 0 radical (unpaired) electrons. The first kappa shape index (κ1) is 13.2. The molecule has 0 saturated heterocycles. The molecule has 0 fully saturated rings. The molecular weight excluding hydrogens is 266 g/mol. The lowest BCUT2D eigenvalue weighted by Gasteiger charge is -2.07. The van der Waals surface area contributed by atoms with Crippen LogP contribution < -0.4 is 4.72 Å². The van der Waals surface area contributed by atoms with Gasteiger partial charge in [0, 0.05) is 5.56 Å². The number of sulfonamides is 1. The minimum Gasteiger partial charge on any atom is -0.295 e. The fourth-order valence-electron chi connectivity index (χ4n) is 1.45. The van der Waals surface area contributed by atoms with Gasteiger partial charge in [0.15, 0.2) is 5.78 Å². The molecule has 0 saturated carbocycles. The molecule has 2 rings (SSSR count). The van der Waals surface area contributed by atoms with E-state index in [9.17, 15) is 13.2 Å². The van der Waals surface area contributed by atoms with Crippen LogP contribution in [0.15, 0.2) is 47.9 Å². The standard InChI is InChI=1S/C12H11N3O3S/c1-9(16)10-3-2-4-12(5-10)19(17,18)15-11-6-13-8-14-7-11/h2-8,15H,1H3. The molecule has 6 nitrogen and oxygen atoms in total. The first-order chi connectivity index (χ1) is 8.99. The van der Waals surface area contributed by atoms with Crippen molar-refractivity contribution in [2.45, 2.75) is 11.8 Å². The maximum Gasteiger partial charge on any atom is 0.262 e. The second kappa shape index (κ2) is 5.15. The third-order valence-electron chi connectivity index (χ3n) is 2.36. The quantitative estimate of drug-likeness (QED) is 0.855. The van der Waals surface area contributed by atoms with E-state index in [1.807, 2.05) is 0 Å². The normalized spacial score (nSPS) is 11.0. The summed E-state index contributed by atoms with van der Waals surface area (Å²) in [6.07, 6.45) is 3.99. The molecule has 1 aromatic carbocycles. The van der Waals surface area contributed by atoms with E-state index in [-0.39, 0.29) is 16.4 Å². The number of carbonyl (C=O) groups excluding carboxylic acids is 1. The zero-order valence-corrected chi connectivity index (χ0v) is 10.9. The highest BCUT2D eigenvalue weighted by molar-refractivity contribution is 7.92. The summed E-state index contributed by atoms with van der Waals surface area (Å²) in [5, 5.41) is 0. The maximum absolute atomic E-state index is 12.1. The summed E-state index contributed by atoms with van der Waals surface area (Å²) < 4.78 is 26.5. The summed E-state index contributed by atoms with van der Waals surface area (Å²) in [6, 6.07) is 5.83. The Bertz CT molecular complexity index is 699. The van der Waals surface area contributed by atoms with Gasteiger partial charge in [0.1, 0.15) is 6.33 Å². The largest absolute Gasteiger partial charge is 0.295 e. The third-order valence-corrected chi connectivity index (χ3v) is 3.74. The highest BCUT2D eigenvalue weighted by Gasteiger charge is 2.15. The highest BCUT2D eigenvalue weighted by Crippen LogP contribution is 2.16. The van der Waals surface area contributed by atoms with E-state index in [1.54, 1.807) is 6.07 Å². The van der Waals surface area contributed by atoms with Gasteiger partial charge in [-0.1, -0.05) is 12.1 Å². The Hall–Kier alpha value is -2.28. The van der Waals surface area contributed by atoms with Crippen molar-refractivity contribution in [3.8, 4) is 0 Å². The molecule has 0 aliphatic heterocycles. The van der Waals surface area contributed by atoms with Gasteiger partial charge >= 0.3 is 0 Å². The van der Waals surface area contributed by atoms with Crippen LogP contribution in [-0.4, -0.2) is 24.2 Å². The van der Waals surface area contributed by atoms with Crippen LogP contribution in [0.1, 0.15) is 17.3 Å². The molecule has 0 spiro atoms. The molecule has 0 atom stereocenters. The van der Waals surface area contributed by atoms with E-state index in [0.29, 0.717) is 5.56 Å². The van der Waals surface area contributed by atoms with Crippen molar-refractivity contribution in [1.29, 1.82) is 0 Å². The molecule has 98 valence electrons. The molecule has 0 aliphatic carbocycles. The van der Waals surface area contributed by atoms with Gasteiger partial charge in [-0.15, -0.1) is 0 Å². The molecule has 0 bridgehead atoms. The molecule has 7 heteroatoms. The van der Waals surface area contributed by atoms with Gasteiger partial charge in [0.25, 0.3) is 10.0 Å². The number of nitrogens with zero attached hydrogens (tertiary/aromatic N) is 2. The maximum atomic E-state index is 12.1. The van der Waals surface area contributed by atoms with Crippen LogP contribution in [-0.2, 0) is 10.0 Å². The number of anilines is 1. The van der Waals surface area contributed by atoms with E-state index in [1.165, 1.54) is 43.8 Å². The molecule has 0 unspecified atom stereocenters. The van der Waals surface area contributed by atoms with Crippen LogP contribution in [0.3, 0.4) is 0 Å². The topological polar surface area (TPSA) is 89.0 Å². The van der Waals surface area contributed by atoms with Crippen molar-refractivity contribution in [1.82, 2.24) is 9.97 Å². The minimum atomic E-state index is -3.75. The van der Waals surface area contributed by atoms with Crippen LogP contribution in [0.25, 0.3) is 0 Å². The lowest BCUT2D eigenvalue weighted by atomic mass is 10.2. The first-order valence-corrected chi connectivity index (χ1v) is 6.86. The summed E-state index contributed by atoms with van der Waals surface area (Å²) in [5.41, 5.74) is 0.600. The van der Waals surface area contributed by atoms with Gasteiger partial charge in [-0.3, -0.25) is 9.52 Å². The molecule has 19 heavy (non-hydrogen) atoms. The average Bonchev–Trinajstić information content (AvgIpc) is 2.39. The Morgan fingerprint density at radius 3 is 2.53 bits per heavy atom. The fourth-order valence-corrected chi connectivity index (χ4v) is 2.52. The van der Waals surface area contributed by atoms with Gasteiger partial charge in [0.2, 0.25) is 0 Å². The molecule has 1 N–H and O–H groups in total. The summed E-state index contributed by atoms with van der Waals surface area (Å²) in [6.45, 7) is 1.38. The zero-order chi connectivity index (χ0) is 13.9. The van der Waals surface area contributed by atoms with Crippen molar-refractivity contribution in [3.63, 3.8) is 0 Å². The summed E-state index contributed by atoms with van der Waals surface area (Å²) in [4.78, 5) is 18.7. The van der Waals surface area contributed by atoms with Gasteiger partial charge in [-0.25, -0.2) is 18.4 Å².